The van der Waals surface area contributed by atoms with Crippen molar-refractivity contribution >= 4 is 39.1 Å². The van der Waals surface area contributed by atoms with Crippen molar-refractivity contribution < 1.29 is 13.2 Å². The van der Waals surface area contributed by atoms with Crippen molar-refractivity contribution in [1.82, 2.24) is 9.62 Å². The first kappa shape index (κ1) is 20.5. The van der Waals surface area contributed by atoms with E-state index >= 15 is 0 Å². The molecule has 154 valence electrons. The van der Waals surface area contributed by atoms with Gasteiger partial charge in [-0.15, -0.1) is 0 Å². The Kier molecular flexibility index (Phi) is 5.45. The molecule has 28 heavy (non-hydrogen) atoms. The second kappa shape index (κ2) is 7.46. The summed E-state index contributed by atoms with van der Waals surface area (Å²) in [6.45, 7) is 3.66. The lowest BCUT2D eigenvalue weighted by atomic mass is 9.92. The van der Waals surface area contributed by atoms with Gasteiger partial charge in [0.25, 0.3) is 5.91 Å². The smallest absolute Gasteiger partial charge is 0.252 e. The zero-order chi connectivity index (χ0) is 20.1. The molecule has 8 heteroatoms. The van der Waals surface area contributed by atoms with E-state index in [4.69, 9.17) is 23.2 Å². The molecule has 3 atom stereocenters. The molecule has 3 fully saturated rings. The van der Waals surface area contributed by atoms with Crippen LogP contribution in [0.5, 0.6) is 0 Å². The molecule has 3 aliphatic rings. The number of nitrogens with one attached hydrogen (secondary N) is 1. The first-order valence-electron chi connectivity index (χ1n) is 9.98. The minimum absolute atomic E-state index is 0.0357. The van der Waals surface area contributed by atoms with Crippen LogP contribution in [0.15, 0.2) is 18.2 Å². The number of fused-ring (bicyclic) bond motifs is 1. The van der Waals surface area contributed by atoms with Gasteiger partial charge in [0.05, 0.1) is 16.3 Å². The van der Waals surface area contributed by atoms with E-state index in [1.54, 1.807) is 22.5 Å². The Morgan fingerprint density at radius 3 is 2.50 bits per heavy atom. The number of hydrogen-bond acceptors (Lipinski definition) is 3. The zero-order valence-electron chi connectivity index (χ0n) is 16.0. The lowest BCUT2D eigenvalue weighted by molar-refractivity contribution is 0.0937. The number of halogens is 2. The van der Waals surface area contributed by atoms with Crippen LogP contribution in [0.2, 0.25) is 10.0 Å². The van der Waals surface area contributed by atoms with Gasteiger partial charge in [0, 0.05) is 24.7 Å². The maximum Gasteiger partial charge on any atom is 0.252 e. The Bertz CT molecular complexity index is 873. The van der Waals surface area contributed by atoms with Crippen molar-refractivity contribution in [2.24, 2.45) is 23.2 Å². The van der Waals surface area contributed by atoms with Crippen LogP contribution in [-0.2, 0) is 10.0 Å². The number of carbonyl (C=O) groups excluding carboxylic acids is 1. The molecule has 5 nitrogen and oxygen atoms in total. The SMILES string of the molecule is CCCS(=O)(=O)N1C[C@@H]2[C@H](C1)C2(CNC(=O)c1ccc(Cl)cc1Cl)CC1CC1. The van der Waals surface area contributed by atoms with Crippen molar-refractivity contribution in [3.05, 3.63) is 33.8 Å². The van der Waals surface area contributed by atoms with Crippen LogP contribution in [0.1, 0.15) is 43.0 Å². The molecule has 1 amide bonds. The number of carbonyl (C=O) groups is 1. The van der Waals surface area contributed by atoms with Crippen LogP contribution in [0, 0.1) is 23.2 Å². The van der Waals surface area contributed by atoms with Gasteiger partial charge < -0.3 is 5.32 Å². The summed E-state index contributed by atoms with van der Waals surface area (Å²) in [5.74, 6) is 1.44. The number of amides is 1. The summed E-state index contributed by atoms with van der Waals surface area (Å²) in [6, 6.07) is 4.87. The van der Waals surface area contributed by atoms with E-state index in [-0.39, 0.29) is 17.1 Å². The molecule has 0 radical (unpaired) electrons. The van der Waals surface area contributed by atoms with Crippen molar-refractivity contribution in [3.63, 3.8) is 0 Å². The molecule has 2 saturated carbocycles. The summed E-state index contributed by atoms with van der Waals surface area (Å²) >= 11 is 12.1. The third-order valence-electron chi connectivity index (χ3n) is 6.63. The van der Waals surface area contributed by atoms with Crippen molar-refractivity contribution in [3.8, 4) is 0 Å². The van der Waals surface area contributed by atoms with Crippen molar-refractivity contribution in [2.45, 2.75) is 32.6 Å². The Labute approximate surface area is 176 Å². The molecule has 1 aliphatic heterocycles. The highest BCUT2D eigenvalue weighted by molar-refractivity contribution is 7.89. The molecule has 1 unspecified atom stereocenters. The minimum atomic E-state index is -3.14. The first-order valence-corrected chi connectivity index (χ1v) is 12.3. The fraction of sp³-hybridized carbons (Fsp3) is 0.650. The second-order valence-electron chi connectivity index (χ2n) is 8.53. The number of nitrogens with zero attached hydrogens (tertiary/aromatic N) is 1. The molecule has 1 N–H and O–H groups in total. The van der Waals surface area contributed by atoms with E-state index in [0.717, 1.165) is 12.3 Å². The monoisotopic (exact) mass is 444 g/mol. The van der Waals surface area contributed by atoms with Crippen LogP contribution in [0.4, 0.5) is 0 Å². The van der Waals surface area contributed by atoms with E-state index in [2.05, 4.69) is 5.32 Å². The van der Waals surface area contributed by atoms with Crippen LogP contribution >= 0.6 is 23.2 Å². The third-order valence-corrected chi connectivity index (χ3v) is 9.19. The average molecular weight is 445 g/mol. The molecular formula is C20H26Cl2N2O3S. The first-order chi connectivity index (χ1) is 13.3. The fourth-order valence-corrected chi connectivity index (χ4v) is 6.97. The summed E-state index contributed by atoms with van der Waals surface area (Å²) < 4.78 is 26.4. The Morgan fingerprint density at radius 1 is 1.25 bits per heavy atom. The quantitative estimate of drug-likeness (QED) is 0.662. The van der Waals surface area contributed by atoms with E-state index < -0.39 is 10.0 Å². The Balaban J connectivity index is 1.42. The Morgan fingerprint density at radius 2 is 1.93 bits per heavy atom. The standard InChI is InChI=1S/C20H26Cl2N2O3S/c1-2-7-28(26,27)24-10-16-17(11-24)20(16,9-13-3-4-13)12-23-19(25)15-6-5-14(21)8-18(15)22/h5-6,8,13,16-17H,2-4,7,9-12H2,1H3,(H,23,25)/t16-,17+,20?. The van der Waals surface area contributed by atoms with Crippen LogP contribution in [0.3, 0.4) is 0 Å². The minimum Gasteiger partial charge on any atom is -0.351 e. The van der Waals surface area contributed by atoms with Crippen LogP contribution < -0.4 is 5.32 Å². The van der Waals surface area contributed by atoms with Gasteiger partial charge in [0.2, 0.25) is 10.0 Å². The average Bonchev–Trinajstić information content (AvgIpc) is 3.48. The zero-order valence-corrected chi connectivity index (χ0v) is 18.3. The van der Waals surface area contributed by atoms with Crippen molar-refractivity contribution in [2.75, 3.05) is 25.4 Å². The highest BCUT2D eigenvalue weighted by Crippen LogP contribution is 2.67. The largest absolute Gasteiger partial charge is 0.351 e. The molecule has 0 bridgehead atoms. The van der Waals surface area contributed by atoms with E-state index in [0.29, 0.717) is 53.5 Å². The number of hydrogen-bond donors (Lipinski definition) is 1. The van der Waals surface area contributed by atoms with Gasteiger partial charge in [-0.2, -0.15) is 0 Å². The molecular weight excluding hydrogens is 419 g/mol. The van der Waals surface area contributed by atoms with Gasteiger partial charge in [0.15, 0.2) is 0 Å². The van der Waals surface area contributed by atoms with Gasteiger partial charge in [-0.1, -0.05) is 43.0 Å². The highest BCUT2D eigenvalue weighted by atomic mass is 35.5. The lowest BCUT2D eigenvalue weighted by Crippen LogP contribution is -2.40. The molecule has 2 aliphatic carbocycles. The van der Waals surface area contributed by atoms with Gasteiger partial charge in [-0.3, -0.25) is 4.79 Å². The third kappa shape index (κ3) is 3.81. The van der Waals surface area contributed by atoms with Gasteiger partial charge in [-0.05, 0) is 54.2 Å². The maximum atomic E-state index is 12.6. The topological polar surface area (TPSA) is 66.5 Å². The van der Waals surface area contributed by atoms with Crippen LogP contribution in [-0.4, -0.2) is 44.0 Å². The maximum absolute atomic E-state index is 12.6. The van der Waals surface area contributed by atoms with E-state index in [9.17, 15) is 13.2 Å². The van der Waals surface area contributed by atoms with Crippen LogP contribution in [0.25, 0.3) is 0 Å². The molecule has 0 spiro atoms. The van der Waals surface area contributed by atoms with Crippen molar-refractivity contribution in [1.29, 1.82) is 0 Å². The van der Waals surface area contributed by atoms with Gasteiger partial charge in [-0.25, -0.2) is 12.7 Å². The second-order valence-corrected chi connectivity index (χ2v) is 11.5. The van der Waals surface area contributed by atoms with E-state index in [1.807, 2.05) is 6.92 Å². The predicted molar refractivity (Wildman–Crippen MR) is 111 cm³/mol. The molecule has 1 aromatic rings. The summed E-state index contributed by atoms with van der Waals surface area (Å²) in [6.07, 6.45) is 4.21. The van der Waals surface area contributed by atoms with E-state index in [1.165, 1.54) is 12.8 Å². The summed E-state index contributed by atoms with van der Waals surface area (Å²) in [5, 5.41) is 3.91. The summed E-state index contributed by atoms with van der Waals surface area (Å²) in [4.78, 5) is 12.6. The Hall–Kier alpha value is -0.820. The molecule has 1 saturated heterocycles. The highest BCUT2D eigenvalue weighted by Gasteiger charge is 2.69. The number of sulfonamides is 1. The lowest BCUT2D eigenvalue weighted by Gasteiger charge is -2.27. The fourth-order valence-electron chi connectivity index (χ4n) is 4.93. The number of piperidine rings is 1. The normalized spacial score (nSPS) is 29.5. The molecule has 1 heterocycles. The van der Waals surface area contributed by atoms with Gasteiger partial charge in [0.1, 0.15) is 0 Å². The number of rotatable bonds is 8. The molecule has 4 rings (SSSR count). The summed E-state index contributed by atoms with van der Waals surface area (Å²) in [5.41, 5.74) is 0.458. The number of benzene rings is 1. The predicted octanol–water partition coefficient (Wildman–Crippen LogP) is 3.81. The summed E-state index contributed by atoms with van der Waals surface area (Å²) in [7, 11) is -3.14. The van der Waals surface area contributed by atoms with Gasteiger partial charge >= 0.3 is 0 Å². The molecule has 0 aromatic heterocycles. The molecule has 1 aromatic carbocycles.